The van der Waals surface area contributed by atoms with Crippen molar-refractivity contribution in [2.75, 3.05) is 5.32 Å². The molecule has 5 aromatic rings. The molecule has 6 rings (SSSR count). The normalized spacial score (nSPS) is 14.3. The number of anilines is 1. The number of nitrogens with one attached hydrogen (secondary N) is 3. The number of hydrogen-bond donors (Lipinski definition) is 3. The molecular weight excluding hydrogens is 599 g/mol. The zero-order chi connectivity index (χ0) is 30.5. The van der Waals surface area contributed by atoms with Gasteiger partial charge in [-0.15, -0.1) is 0 Å². The molecule has 10 nitrogen and oxygen atoms in total. The Morgan fingerprint density at radius 2 is 1.68 bits per heavy atom. The van der Waals surface area contributed by atoms with Gasteiger partial charge in [-0.1, -0.05) is 42.1 Å². The van der Waals surface area contributed by atoms with E-state index in [1.165, 1.54) is 11.9 Å². The Kier molecular flexibility index (Phi) is 8.71. The van der Waals surface area contributed by atoms with E-state index in [0.717, 1.165) is 39.1 Å². The van der Waals surface area contributed by atoms with Gasteiger partial charge in [0.2, 0.25) is 5.91 Å². The summed E-state index contributed by atoms with van der Waals surface area (Å²) in [5, 5.41) is 4.42. The number of aryl methyl sites for hydroxylation is 1. The van der Waals surface area contributed by atoms with Gasteiger partial charge in [-0.2, -0.15) is 0 Å². The van der Waals surface area contributed by atoms with Crippen molar-refractivity contribution in [3.63, 3.8) is 0 Å². The number of ether oxygens (including phenoxy) is 2. The number of imidazole rings is 1. The molecular formula is C32H27N5O5S2. The van der Waals surface area contributed by atoms with E-state index in [-0.39, 0.29) is 23.8 Å². The first-order valence-corrected chi connectivity index (χ1v) is 15.3. The summed E-state index contributed by atoms with van der Waals surface area (Å²) in [6.45, 7) is 0.266. The molecule has 0 bridgehead atoms. The summed E-state index contributed by atoms with van der Waals surface area (Å²) in [6, 6.07) is 29.6. The Bertz CT molecular complexity index is 1810. The van der Waals surface area contributed by atoms with Crippen molar-refractivity contribution >= 4 is 57.6 Å². The van der Waals surface area contributed by atoms with Crippen molar-refractivity contribution in [2.45, 2.75) is 23.2 Å². The summed E-state index contributed by atoms with van der Waals surface area (Å²) < 4.78 is 16.8. The van der Waals surface area contributed by atoms with E-state index < -0.39 is 5.25 Å². The van der Waals surface area contributed by atoms with E-state index in [9.17, 15) is 14.4 Å². The molecule has 0 saturated carbocycles. The standard InChI is InChI=1S/C32H27N5O5S2/c1-37-27-18-24(42-23-13-9-21(10-14-23)33-31(39)36-44-25-5-3-2-4-6-25)15-16-26(27)34-29(37)19-41-22-11-7-20(8-12-22)17-28-30(38)35-32(40)43-28/h2-16,18,28H,17,19H2,1H3,(H2,33,36,39)(H,35,38,40). The summed E-state index contributed by atoms with van der Waals surface area (Å²) in [5.74, 6) is 2.45. The second-order valence-electron chi connectivity index (χ2n) is 9.86. The SMILES string of the molecule is Cn1c(COc2ccc(CC3SC(=O)NC3=O)cc2)nc2ccc(Oc3ccc(NC(=O)NSc4ccccc4)cc3)cc21. The average molecular weight is 626 g/mol. The molecule has 1 aliphatic rings. The molecule has 1 unspecified atom stereocenters. The average Bonchev–Trinajstić information content (AvgIpc) is 3.53. The van der Waals surface area contributed by atoms with Gasteiger partial charge < -0.3 is 19.4 Å². The molecule has 1 saturated heterocycles. The van der Waals surface area contributed by atoms with E-state index in [4.69, 9.17) is 14.5 Å². The van der Waals surface area contributed by atoms with Gasteiger partial charge in [0.05, 0.1) is 16.3 Å². The Labute approximate surface area is 261 Å². The van der Waals surface area contributed by atoms with Gasteiger partial charge >= 0.3 is 6.03 Å². The molecule has 0 spiro atoms. The van der Waals surface area contributed by atoms with Crippen molar-refractivity contribution in [3.05, 3.63) is 108 Å². The van der Waals surface area contributed by atoms with E-state index in [2.05, 4.69) is 15.4 Å². The number of nitrogens with zero attached hydrogens (tertiary/aromatic N) is 2. The van der Waals surface area contributed by atoms with Crippen LogP contribution in [-0.2, 0) is 24.9 Å². The van der Waals surface area contributed by atoms with Crippen molar-refractivity contribution in [1.82, 2.24) is 19.6 Å². The first-order valence-electron chi connectivity index (χ1n) is 13.6. The predicted molar refractivity (Wildman–Crippen MR) is 171 cm³/mol. The molecule has 2 heterocycles. The van der Waals surface area contributed by atoms with Gasteiger partial charge in [0.25, 0.3) is 5.24 Å². The van der Waals surface area contributed by atoms with E-state index in [1.807, 2.05) is 84.4 Å². The van der Waals surface area contributed by atoms with Crippen molar-refractivity contribution in [3.8, 4) is 17.2 Å². The quantitative estimate of drug-likeness (QED) is 0.147. The van der Waals surface area contributed by atoms with Crippen LogP contribution >= 0.6 is 23.7 Å². The molecule has 1 fully saturated rings. The highest BCUT2D eigenvalue weighted by atomic mass is 32.2. The lowest BCUT2D eigenvalue weighted by Crippen LogP contribution is -2.25. The molecule has 3 N–H and O–H groups in total. The van der Waals surface area contributed by atoms with E-state index in [0.29, 0.717) is 29.4 Å². The highest BCUT2D eigenvalue weighted by molar-refractivity contribution is 8.15. The first-order chi connectivity index (χ1) is 21.4. The number of rotatable bonds is 10. The van der Waals surface area contributed by atoms with Crippen molar-refractivity contribution < 1.29 is 23.9 Å². The number of amides is 4. The van der Waals surface area contributed by atoms with Crippen molar-refractivity contribution in [2.24, 2.45) is 7.05 Å². The summed E-state index contributed by atoms with van der Waals surface area (Å²) in [6.07, 6.45) is 0.476. The minimum Gasteiger partial charge on any atom is -0.486 e. The van der Waals surface area contributed by atoms with Gasteiger partial charge in [-0.05, 0) is 84.6 Å². The highest BCUT2D eigenvalue weighted by Crippen LogP contribution is 2.28. The molecule has 12 heteroatoms. The first kappa shape index (κ1) is 29.1. The number of urea groups is 1. The van der Waals surface area contributed by atoms with Crippen LogP contribution in [0, 0.1) is 0 Å². The third-order valence-electron chi connectivity index (χ3n) is 6.78. The van der Waals surface area contributed by atoms with Crippen LogP contribution in [0.3, 0.4) is 0 Å². The maximum Gasteiger partial charge on any atom is 0.329 e. The minimum atomic E-state index is -0.401. The zero-order valence-corrected chi connectivity index (χ0v) is 25.1. The molecule has 0 radical (unpaired) electrons. The Hall–Kier alpha value is -4.94. The van der Waals surface area contributed by atoms with Crippen LogP contribution in [0.1, 0.15) is 11.4 Å². The monoisotopic (exact) mass is 625 g/mol. The molecule has 222 valence electrons. The maximum atomic E-state index is 12.2. The number of hydrogen-bond acceptors (Lipinski definition) is 8. The summed E-state index contributed by atoms with van der Waals surface area (Å²) >= 11 is 2.26. The number of thioether (sulfide) groups is 1. The lowest BCUT2D eigenvalue weighted by Gasteiger charge is -2.10. The molecule has 4 aromatic carbocycles. The predicted octanol–water partition coefficient (Wildman–Crippen LogP) is 6.67. The lowest BCUT2D eigenvalue weighted by atomic mass is 10.1. The second kappa shape index (κ2) is 13.1. The Balaban J connectivity index is 1.02. The van der Waals surface area contributed by atoms with Crippen LogP contribution in [0.4, 0.5) is 15.3 Å². The molecule has 4 amide bonds. The van der Waals surface area contributed by atoms with E-state index in [1.54, 1.807) is 24.3 Å². The fourth-order valence-electron chi connectivity index (χ4n) is 4.52. The smallest absolute Gasteiger partial charge is 0.329 e. The summed E-state index contributed by atoms with van der Waals surface area (Å²) in [4.78, 5) is 41.1. The molecule has 1 aromatic heterocycles. The number of benzene rings is 4. The molecule has 1 aliphatic heterocycles. The van der Waals surface area contributed by atoms with Gasteiger partial charge in [-0.25, -0.2) is 9.78 Å². The topological polar surface area (TPSA) is 124 Å². The third kappa shape index (κ3) is 7.16. The van der Waals surface area contributed by atoms with Gasteiger partial charge in [0.1, 0.15) is 29.7 Å². The number of aromatic nitrogens is 2. The van der Waals surface area contributed by atoms with Crippen LogP contribution in [0.5, 0.6) is 17.2 Å². The largest absolute Gasteiger partial charge is 0.486 e. The number of fused-ring (bicyclic) bond motifs is 1. The molecule has 1 atom stereocenters. The van der Waals surface area contributed by atoms with Gasteiger partial charge in [0.15, 0.2) is 0 Å². The summed E-state index contributed by atoms with van der Waals surface area (Å²) in [7, 11) is 1.92. The fraction of sp³-hybridized carbons (Fsp3) is 0.125. The number of carbonyl (C=O) groups is 3. The van der Waals surface area contributed by atoms with Crippen molar-refractivity contribution in [1.29, 1.82) is 0 Å². The molecule has 0 aliphatic carbocycles. The van der Waals surface area contributed by atoms with Crippen LogP contribution < -0.4 is 24.8 Å². The molecule has 44 heavy (non-hydrogen) atoms. The lowest BCUT2D eigenvalue weighted by molar-refractivity contribution is -0.118. The van der Waals surface area contributed by atoms with E-state index >= 15 is 0 Å². The Morgan fingerprint density at radius 3 is 2.41 bits per heavy atom. The number of imide groups is 1. The van der Waals surface area contributed by atoms with Crippen LogP contribution in [0.25, 0.3) is 11.0 Å². The van der Waals surface area contributed by atoms with Crippen LogP contribution in [-0.4, -0.2) is 32.0 Å². The zero-order valence-electron chi connectivity index (χ0n) is 23.5. The fourth-order valence-corrected chi connectivity index (χ4v) is 5.93. The van der Waals surface area contributed by atoms with Gasteiger partial charge in [0, 0.05) is 23.7 Å². The Morgan fingerprint density at radius 1 is 0.955 bits per heavy atom. The maximum absolute atomic E-state index is 12.2. The van der Waals surface area contributed by atoms with Gasteiger partial charge in [-0.3, -0.25) is 19.6 Å². The van der Waals surface area contributed by atoms with Crippen LogP contribution in [0.2, 0.25) is 0 Å². The minimum absolute atomic E-state index is 0.249. The second-order valence-corrected chi connectivity index (χ2v) is 11.9. The number of carbonyl (C=O) groups excluding carboxylic acids is 3. The van der Waals surface area contributed by atoms with Crippen LogP contribution in [0.15, 0.2) is 102 Å². The summed E-state index contributed by atoms with van der Waals surface area (Å²) in [5.41, 5.74) is 3.30. The highest BCUT2D eigenvalue weighted by Gasteiger charge is 2.31. The third-order valence-corrected chi connectivity index (χ3v) is 8.55.